The van der Waals surface area contributed by atoms with Crippen LogP contribution in [0.5, 0.6) is 0 Å². The van der Waals surface area contributed by atoms with Crippen molar-refractivity contribution in [1.82, 2.24) is 0 Å². The molecule has 52 valence electrons. The van der Waals surface area contributed by atoms with Gasteiger partial charge in [-0.25, -0.2) is 0 Å². The lowest BCUT2D eigenvalue weighted by Gasteiger charge is -1.74. The van der Waals surface area contributed by atoms with E-state index in [-0.39, 0.29) is 0 Å². The molecule has 0 saturated heterocycles. The van der Waals surface area contributed by atoms with Crippen molar-refractivity contribution in [2.75, 3.05) is 6.54 Å². The van der Waals surface area contributed by atoms with Crippen LogP contribution in [0.4, 0.5) is 0 Å². The lowest BCUT2D eigenvalue weighted by atomic mass is 10.4. The Morgan fingerprint density at radius 3 is 2.90 bits per heavy atom. The first-order chi connectivity index (χ1) is 4.83. The minimum Gasteiger partial charge on any atom is -0.320 e. The van der Waals surface area contributed by atoms with Crippen molar-refractivity contribution in [2.45, 2.75) is 0 Å². The summed E-state index contributed by atoms with van der Waals surface area (Å²) >= 11 is 4.96. The third-order valence-electron chi connectivity index (χ3n) is 0.887. The van der Waals surface area contributed by atoms with Crippen molar-refractivity contribution >= 4 is 27.3 Å². The molecule has 0 saturated carbocycles. The molecule has 0 atom stereocenters. The van der Waals surface area contributed by atoms with Crippen LogP contribution in [0.15, 0.2) is 15.9 Å². The smallest absolute Gasteiger partial charge is 0.0781 e. The van der Waals surface area contributed by atoms with E-state index in [1.165, 1.54) is 0 Å². The van der Waals surface area contributed by atoms with Gasteiger partial charge in [-0.15, -0.1) is 11.3 Å². The highest BCUT2D eigenvalue weighted by atomic mass is 79.9. The standard InChI is InChI=1S/C7H6BrNS/c8-7-4-3-6(10-7)2-1-5-9/h3-4H,5,9H2. The fourth-order valence-electron chi connectivity index (χ4n) is 0.520. The second kappa shape index (κ2) is 3.77. The molecule has 0 aliphatic rings. The van der Waals surface area contributed by atoms with Crippen LogP contribution in [0.2, 0.25) is 0 Å². The lowest BCUT2D eigenvalue weighted by Crippen LogP contribution is -1.92. The van der Waals surface area contributed by atoms with Gasteiger partial charge in [0.1, 0.15) is 0 Å². The van der Waals surface area contributed by atoms with Crippen LogP contribution in [0, 0.1) is 11.8 Å². The summed E-state index contributed by atoms with van der Waals surface area (Å²) in [7, 11) is 0. The van der Waals surface area contributed by atoms with Gasteiger partial charge in [-0.3, -0.25) is 0 Å². The van der Waals surface area contributed by atoms with Gasteiger partial charge in [-0.05, 0) is 28.1 Å². The lowest BCUT2D eigenvalue weighted by molar-refractivity contribution is 1.30. The van der Waals surface area contributed by atoms with Crippen LogP contribution >= 0.6 is 27.3 Å². The number of thiophene rings is 1. The first-order valence-corrected chi connectivity index (χ1v) is 4.38. The molecule has 1 heterocycles. The second-order valence-electron chi connectivity index (χ2n) is 1.61. The molecule has 1 nitrogen and oxygen atoms in total. The van der Waals surface area contributed by atoms with Crippen LogP contribution in [-0.4, -0.2) is 6.54 Å². The largest absolute Gasteiger partial charge is 0.320 e. The van der Waals surface area contributed by atoms with E-state index < -0.39 is 0 Å². The summed E-state index contributed by atoms with van der Waals surface area (Å²) in [6, 6.07) is 3.95. The third kappa shape index (κ3) is 2.14. The summed E-state index contributed by atoms with van der Waals surface area (Å²) in [5, 5.41) is 0. The van der Waals surface area contributed by atoms with Gasteiger partial charge in [0, 0.05) is 0 Å². The molecule has 0 amide bonds. The quantitative estimate of drug-likeness (QED) is 0.657. The van der Waals surface area contributed by atoms with E-state index in [0.717, 1.165) is 8.66 Å². The van der Waals surface area contributed by atoms with Gasteiger partial charge in [0.05, 0.1) is 15.2 Å². The molecule has 0 spiro atoms. The Kier molecular flexibility index (Phi) is 2.94. The molecule has 1 aromatic heterocycles. The van der Waals surface area contributed by atoms with Crippen molar-refractivity contribution in [3.05, 3.63) is 20.8 Å². The van der Waals surface area contributed by atoms with Crippen LogP contribution in [0.1, 0.15) is 4.88 Å². The highest BCUT2D eigenvalue weighted by Crippen LogP contribution is 2.20. The van der Waals surface area contributed by atoms with Gasteiger partial charge in [0.15, 0.2) is 0 Å². The fraction of sp³-hybridized carbons (Fsp3) is 0.143. The first-order valence-electron chi connectivity index (χ1n) is 2.77. The molecule has 0 aromatic carbocycles. The van der Waals surface area contributed by atoms with Crippen molar-refractivity contribution < 1.29 is 0 Å². The number of rotatable bonds is 0. The van der Waals surface area contributed by atoms with Crippen LogP contribution in [-0.2, 0) is 0 Å². The van der Waals surface area contributed by atoms with Crippen molar-refractivity contribution in [1.29, 1.82) is 0 Å². The molecule has 2 N–H and O–H groups in total. The van der Waals surface area contributed by atoms with Gasteiger partial charge in [-0.2, -0.15) is 0 Å². The van der Waals surface area contributed by atoms with Crippen LogP contribution in [0.3, 0.4) is 0 Å². The monoisotopic (exact) mass is 215 g/mol. The zero-order chi connectivity index (χ0) is 7.40. The maximum Gasteiger partial charge on any atom is 0.0781 e. The number of hydrogen-bond donors (Lipinski definition) is 1. The molecule has 0 unspecified atom stereocenters. The summed E-state index contributed by atoms with van der Waals surface area (Å²) in [5.74, 6) is 5.72. The predicted molar refractivity (Wildman–Crippen MR) is 48.0 cm³/mol. The van der Waals surface area contributed by atoms with E-state index in [9.17, 15) is 0 Å². The molecule has 0 aliphatic carbocycles. The van der Waals surface area contributed by atoms with Gasteiger partial charge < -0.3 is 5.73 Å². The van der Waals surface area contributed by atoms with E-state index in [0.29, 0.717) is 6.54 Å². The summed E-state index contributed by atoms with van der Waals surface area (Å²) in [6.45, 7) is 0.426. The van der Waals surface area contributed by atoms with E-state index in [2.05, 4.69) is 27.8 Å². The minimum absolute atomic E-state index is 0.426. The van der Waals surface area contributed by atoms with Gasteiger partial charge in [0.2, 0.25) is 0 Å². The van der Waals surface area contributed by atoms with Crippen molar-refractivity contribution in [3.8, 4) is 11.8 Å². The number of hydrogen-bond acceptors (Lipinski definition) is 2. The van der Waals surface area contributed by atoms with E-state index in [1.807, 2.05) is 12.1 Å². The minimum atomic E-state index is 0.426. The van der Waals surface area contributed by atoms with Crippen LogP contribution < -0.4 is 5.73 Å². The molecule has 1 aromatic rings. The van der Waals surface area contributed by atoms with Gasteiger partial charge in [-0.1, -0.05) is 11.8 Å². The second-order valence-corrected chi connectivity index (χ2v) is 4.07. The number of nitrogens with two attached hydrogens (primary N) is 1. The summed E-state index contributed by atoms with van der Waals surface area (Å²) in [5.41, 5.74) is 5.20. The molecule has 1 rings (SSSR count). The molecule has 10 heavy (non-hydrogen) atoms. The topological polar surface area (TPSA) is 26.0 Å². The molecular weight excluding hydrogens is 210 g/mol. The maximum atomic E-state index is 5.20. The normalized spacial score (nSPS) is 8.60. The Labute approximate surface area is 72.4 Å². The molecular formula is C7H6BrNS. The average Bonchev–Trinajstić information content (AvgIpc) is 2.31. The summed E-state index contributed by atoms with van der Waals surface area (Å²) in [6.07, 6.45) is 0. The van der Waals surface area contributed by atoms with Crippen molar-refractivity contribution in [3.63, 3.8) is 0 Å². The Hall–Kier alpha value is -0.300. The molecule has 0 aliphatic heterocycles. The van der Waals surface area contributed by atoms with E-state index in [1.54, 1.807) is 11.3 Å². The molecule has 0 radical (unpaired) electrons. The Bertz CT molecular complexity index is 269. The van der Waals surface area contributed by atoms with Gasteiger partial charge in [0.25, 0.3) is 0 Å². The number of halogens is 1. The summed E-state index contributed by atoms with van der Waals surface area (Å²) in [4.78, 5) is 1.05. The predicted octanol–water partition coefficient (Wildman–Crippen LogP) is 1.82. The van der Waals surface area contributed by atoms with Crippen molar-refractivity contribution in [2.24, 2.45) is 5.73 Å². The maximum absolute atomic E-state index is 5.20. The molecule has 0 bridgehead atoms. The van der Waals surface area contributed by atoms with E-state index >= 15 is 0 Å². The highest BCUT2D eigenvalue weighted by molar-refractivity contribution is 9.11. The highest BCUT2D eigenvalue weighted by Gasteiger charge is 1.90. The fourth-order valence-corrected chi connectivity index (χ4v) is 1.78. The Morgan fingerprint density at radius 1 is 1.60 bits per heavy atom. The summed E-state index contributed by atoms with van der Waals surface area (Å²) < 4.78 is 1.11. The Morgan fingerprint density at radius 2 is 2.40 bits per heavy atom. The average molecular weight is 216 g/mol. The van der Waals surface area contributed by atoms with E-state index in [4.69, 9.17) is 5.73 Å². The first kappa shape index (κ1) is 7.80. The zero-order valence-corrected chi connectivity index (χ0v) is 7.63. The van der Waals surface area contributed by atoms with Gasteiger partial charge >= 0.3 is 0 Å². The molecule has 0 fully saturated rings. The van der Waals surface area contributed by atoms with Crippen LogP contribution in [0.25, 0.3) is 0 Å². The Balaban J connectivity index is 2.76. The SMILES string of the molecule is NCC#Cc1ccc(Br)s1. The zero-order valence-electron chi connectivity index (χ0n) is 5.23. The third-order valence-corrected chi connectivity index (χ3v) is 2.43. The molecule has 3 heteroatoms.